The fourth-order valence-corrected chi connectivity index (χ4v) is 6.09. The number of ether oxygens (including phenoxy) is 1. The lowest BCUT2D eigenvalue weighted by molar-refractivity contribution is 0.0746. The van der Waals surface area contributed by atoms with Crippen LogP contribution < -0.4 is 15.2 Å². The van der Waals surface area contributed by atoms with Crippen molar-refractivity contribution in [2.75, 3.05) is 38.2 Å². The fourth-order valence-electron chi connectivity index (χ4n) is 5.07. The molecule has 1 aromatic heterocycles. The van der Waals surface area contributed by atoms with Crippen LogP contribution in [0.4, 0.5) is 5.69 Å². The number of aromatic nitrogens is 2. The summed E-state index contributed by atoms with van der Waals surface area (Å²) in [6, 6.07) is 25.7. The molecule has 3 aromatic carbocycles. The SMILES string of the molecule is COc1ccccc1N1CCN(C(=O)c2ccccc2CSc2nc(C)c(Cc3ccccc3)c(=O)n2C)CC1. The maximum Gasteiger partial charge on any atom is 0.257 e. The Balaban J connectivity index is 1.27. The number of methoxy groups -OCH3 is 1. The minimum absolute atomic E-state index is 0.0314. The van der Waals surface area contributed by atoms with Crippen LogP contribution in [0.1, 0.15) is 32.7 Å². The molecule has 0 atom stereocenters. The van der Waals surface area contributed by atoms with E-state index in [1.54, 1.807) is 18.7 Å². The minimum atomic E-state index is -0.0314. The molecule has 5 rings (SSSR count). The number of amides is 1. The Kier molecular flexibility index (Phi) is 8.55. The maximum absolute atomic E-state index is 13.6. The van der Waals surface area contributed by atoms with E-state index in [4.69, 9.17) is 9.72 Å². The van der Waals surface area contributed by atoms with Crippen molar-refractivity contribution in [1.82, 2.24) is 14.5 Å². The lowest BCUT2D eigenvalue weighted by atomic mass is 10.1. The van der Waals surface area contributed by atoms with Gasteiger partial charge in [-0.15, -0.1) is 0 Å². The summed E-state index contributed by atoms with van der Waals surface area (Å²) in [7, 11) is 3.45. The van der Waals surface area contributed by atoms with Crippen LogP contribution in [0.2, 0.25) is 0 Å². The number of hydrogen-bond donors (Lipinski definition) is 0. The van der Waals surface area contributed by atoms with Crippen molar-refractivity contribution in [2.45, 2.75) is 24.3 Å². The van der Waals surface area contributed by atoms with Crippen LogP contribution in [-0.2, 0) is 19.2 Å². The van der Waals surface area contributed by atoms with Crippen molar-refractivity contribution in [3.05, 3.63) is 117 Å². The summed E-state index contributed by atoms with van der Waals surface area (Å²) >= 11 is 1.48. The Morgan fingerprint density at radius 2 is 1.60 bits per heavy atom. The molecule has 0 radical (unpaired) electrons. The minimum Gasteiger partial charge on any atom is -0.495 e. The van der Waals surface area contributed by atoms with Crippen LogP contribution in [0.25, 0.3) is 0 Å². The zero-order valence-electron chi connectivity index (χ0n) is 23.2. The number of benzene rings is 3. The number of hydrogen-bond acceptors (Lipinski definition) is 6. The smallest absolute Gasteiger partial charge is 0.257 e. The lowest BCUT2D eigenvalue weighted by Crippen LogP contribution is -2.49. The van der Waals surface area contributed by atoms with E-state index in [-0.39, 0.29) is 11.5 Å². The highest BCUT2D eigenvalue weighted by molar-refractivity contribution is 7.98. The second-order valence-corrected chi connectivity index (χ2v) is 10.8. The van der Waals surface area contributed by atoms with E-state index in [1.807, 2.05) is 84.6 Å². The average molecular weight is 555 g/mol. The van der Waals surface area contributed by atoms with Gasteiger partial charge in [0.05, 0.1) is 12.8 Å². The Labute approximate surface area is 239 Å². The van der Waals surface area contributed by atoms with Gasteiger partial charge in [-0.3, -0.25) is 14.2 Å². The largest absolute Gasteiger partial charge is 0.495 e. The number of anilines is 1. The third-order valence-corrected chi connectivity index (χ3v) is 8.45. The van der Waals surface area contributed by atoms with Crippen molar-refractivity contribution in [2.24, 2.45) is 7.05 Å². The highest BCUT2D eigenvalue weighted by Gasteiger charge is 2.25. The molecule has 40 heavy (non-hydrogen) atoms. The van der Waals surface area contributed by atoms with E-state index in [2.05, 4.69) is 11.0 Å². The van der Waals surface area contributed by atoms with Crippen molar-refractivity contribution in [3.63, 3.8) is 0 Å². The van der Waals surface area contributed by atoms with Crippen LogP contribution in [0.3, 0.4) is 0 Å². The third-order valence-electron chi connectivity index (χ3n) is 7.37. The molecule has 0 bridgehead atoms. The monoisotopic (exact) mass is 554 g/mol. The average Bonchev–Trinajstić information content (AvgIpc) is 3.00. The normalized spacial score (nSPS) is 13.4. The molecule has 1 fully saturated rings. The second kappa shape index (κ2) is 12.4. The van der Waals surface area contributed by atoms with E-state index in [1.165, 1.54) is 11.8 Å². The molecule has 0 unspecified atom stereocenters. The van der Waals surface area contributed by atoms with Gasteiger partial charge in [0.25, 0.3) is 11.5 Å². The summed E-state index contributed by atoms with van der Waals surface area (Å²) in [6.45, 7) is 4.65. The summed E-state index contributed by atoms with van der Waals surface area (Å²) in [5.74, 6) is 1.42. The number of nitrogens with zero attached hydrogens (tertiary/aromatic N) is 4. The molecule has 206 valence electrons. The van der Waals surface area contributed by atoms with Gasteiger partial charge >= 0.3 is 0 Å². The highest BCUT2D eigenvalue weighted by Crippen LogP contribution is 2.29. The van der Waals surface area contributed by atoms with Crippen molar-refractivity contribution >= 4 is 23.4 Å². The van der Waals surface area contributed by atoms with Crippen molar-refractivity contribution in [3.8, 4) is 5.75 Å². The molecule has 2 heterocycles. The first kappa shape index (κ1) is 27.5. The standard InChI is InChI=1S/C32H34N4O3S/c1-23-27(21-24-11-5-4-6-12-24)30(37)34(2)32(33-23)40-22-25-13-7-8-14-26(25)31(38)36-19-17-35(18-20-36)28-15-9-10-16-29(28)39-3/h4-16H,17-22H2,1-3H3. The van der Waals surface area contributed by atoms with Gasteiger partial charge in [-0.25, -0.2) is 4.98 Å². The van der Waals surface area contributed by atoms with Gasteiger partial charge < -0.3 is 14.5 Å². The number of carbonyl (C=O) groups is 1. The Morgan fingerprint density at radius 3 is 2.35 bits per heavy atom. The number of piperazine rings is 1. The summed E-state index contributed by atoms with van der Waals surface area (Å²) in [4.78, 5) is 35.8. The fraction of sp³-hybridized carbons (Fsp3) is 0.281. The van der Waals surface area contributed by atoms with Crippen LogP contribution in [-0.4, -0.2) is 53.6 Å². The predicted octanol–water partition coefficient (Wildman–Crippen LogP) is 4.94. The quantitative estimate of drug-likeness (QED) is 0.227. The van der Waals surface area contributed by atoms with E-state index in [0.717, 1.165) is 41.3 Å². The number of rotatable bonds is 8. The zero-order valence-corrected chi connectivity index (χ0v) is 24.0. The van der Waals surface area contributed by atoms with Gasteiger partial charge in [0, 0.05) is 62.2 Å². The lowest BCUT2D eigenvalue weighted by Gasteiger charge is -2.36. The van der Waals surface area contributed by atoms with Crippen LogP contribution in [0, 0.1) is 6.92 Å². The Bertz CT molecular complexity index is 1550. The Morgan fingerprint density at radius 1 is 0.925 bits per heavy atom. The molecule has 1 aliphatic rings. The third kappa shape index (κ3) is 5.92. The van der Waals surface area contributed by atoms with E-state index in [0.29, 0.717) is 41.5 Å². The van der Waals surface area contributed by atoms with Crippen molar-refractivity contribution < 1.29 is 9.53 Å². The number of aryl methyl sites for hydroxylation is 1. The topological polar surface area (TPSA) is 67.7 Å². The maximum atomic E-state index is 13.6. The van der Waals surface area contributed by atoms with E-state index < -0.39 is 0 Å². The Hall–Kier alpha value is -4.04. The first-order chi connectivity index (χ1) is 19.5. The van der Waals surface area contributed by atoms with E-state index in [9.17, 15) is 9.59 Å². The first-order valence-electron chi connectivity index (χ1n) is 13.4. The molecule has 0 N–H and O–H groups in total. The molecule has 7 nitrogen and oxygen atoms in total. The number of thioether (sulfide) groups is 1. The summed E-state index contributed by atoms with van der Waals surface area (Å²) < 4.78 is 7.15. The van der Waals surface area contributed by atoms with Gasteiger partial charge in [0.1, 0.15) is 5.75 Å². The van der Waals surface area contributed by atoms with Crippen LogP contribution >= 0.6 is 11.8 Å². The van der Waals surface area contributed by atoms with E-state index >= 15 is 0 Å². The molecular formula is C32H34N4O3S. The van der Waals surface area contributed by atoms with Crippen molar-refractivity contribution in [1.29, 1.82) is 0 Å². The summed E-state index contributed by atoms with van der Waals surface area (Å²) in [5, 5.41) is 0.645. The van der Waals surface area contributed by atoms with Gasteiger partial charge in [-0.1, -0.05) is 72.4 Å². The summed E-state index contributed by atoms with van der Waals surface area (Å²) in [5.41, 5.74) is 5.19. The first-order valence-corrected chi connectivity index (χ1v) is 14.4. The molecule has 0 aliphatic carbocycles. The molecular weight excluding hydrogens is 520 g/mol. The van der Waals surface area contributed by atoms with Crippen LogP contribution in [0.15, 0.2) is 88.8 Å². The molecule has 0 saturated carbocycles. The van der Waals surface area contributed by atoms with Gasteiger partial charge in [0.15, 0.2) is 5.16 Å². The highest BCUT2D eigenvalue weighted by atomic mass is 32.2. The van der Waals surface area contributed by atoms with Gasteiger partial charge in [0.2, 0.25) is 0 Å². The van der Waals surface area contributed by atoms with Crippen LogP contribution in [0.5, 0.6) is 5.75 Å². The molecule has 8 heteroatoms. The molecule has 1 amide bonds. The van der Waals surface area contributed by atoms with Gasteiger partial charge in [-0.05, 0) is 36.2 Å². The number of carbonyl (C=O) groups excluding carboxylic acids is 1. The second-order valence-electron chi connectivity index (χ2n) is 9.88. The predicted molar refractivity (Wildman–Crippen MR) is 161 cm³/mol. The summed E-state index contributed by atoms with van der Waals surface area (Å²) in [6.07, 6.45) is 0.555. The molecule has 4 aromatic rings. The van der Waals surface area contributed by atoms with Gasteiger partial charge in [-0.2, -0.15) is 0 Å². The molecule has 1 aliphatic heterocycles. The molecule has 1 saturated heterocycles. The number of para-hydroxylation sites is 2. The molecule has 0 spiro atoms. The zero-order chi connectivity index (χ0) is 28.1.